The van der Waals surface area contributed by atoms with Crippen LogP contribution in [0.4, 0.5) is 0 Å². The molecule has 0 radical (unpaired) electrons. The van der Waals surface area contributed by atoms with Gasteiger partial charge < -0.3 is 15.4 Å². The molecule has 1 fully saturated rings. The Morgan fingerprint density at radius 2 is 2.37 bits per heavy atom. The SMILES string of the molecule is COc1ccc(Br)c(C(=O)NCC2CCCCN2)c1. The molecule has 0 aromatic heterocycles. The van der Waals surface area contributed by atoms with Gasteiger partial charge >= 0.3 is 0 Å². The smallest absolute Gasteiger partial charge is 0.252 e. The van der Waals surface area contributed by atoms with Gasteiger partial charge in [0.25, 0.3) is 5.91 Å². The third-order valence-electron chi connectivity index (χ3n) is 3.34. The van der Waals surface area contributed by atoms with Crippen molar-refractivity contribution < 1.29 is 9.53 Å². The van der Waals surface area contributed by atoms with Gasteiger partial charge in [0.05, 0.1) is 12.7 Å². The Hall–Kier alpha value is -1.07. The molecule has 1 unspecified atom stereocenters. The third kappa shape index (κ3) is 3.94. The lowest BCUT2D eigenvalue weighted by molar-refractivity contribution is 0.0946. The first-order valence-electron chi connectivity index (χ1n) is 6.56. The molecule has 2 N–H and O–H groups in total. The summed E-state index contributed by atoms with van der Waals surface area (Å²) in [6.45, 7) is 1.71. The van der Waals surface area contributed by atoms with Crippen LogP contribution in [-0.4, -0.2) is 32.1 Å². The van der Waals surface area contributed by atoms with Gasteiger partial charge in [-0.2, -0.15) is 0 Å². The van der Waals surface area contributed by atoms with Crippen LogP contribution in [0.2, 0.25) is 0 Å². The summed E-state index contributed by atoms with van der Waals surface area (Å²) in [6, 6.07) is 5.78. The molecule has 1 amide bonds. The van der Waals surface area contributed by atoms with E-state index in [1.807, 2.05) is 12.1 Å². The summed E-state index contributed by atoms with van der Waals surface area (Å²) < 4.78 is 5.92. The Bertz CT molecular complexity index is 445. The number of hydrogen-bond acceptors (Lipinski definition) is 3. The first kappa shape index (κ1) is 14.3. The molecule has 1 aromatic carbocycles. The number of amides is 1. The van der Waals surface area contributed by atoms with E-state index in [-0.39, 0.29) is 5.91 Å². The minimum absolute atomic E-state index is 0.0712. The lowest BCUT2D eigenvalue weighted by Gasteiger charge is -2.23. The molecule has 5 heteroatoms. The largest absolute Gasteiger partial charge is 0.497 e. The Morgan fingerprint density at radius 3 is 3.05 bits per heavy atom. The van der Waals surface area contributed by atoms with E-state index in [1.165, 1.54) is 12.8 Å². The highest BCUT2D eigenvalue weighted by Crippen LogP contribution is 2.22. The number of hydrogen-bond donors (Lipinski definition) is 2. The van der Waals surface area contributed by atoms with Crippen molar-refractivity contribution in [1.29, 1.82) is 0 Å². The predicted molar refractivity (Wildman–Crippen MR) is 78.7 cm³/mol. The second-order valence-electron chi connectivity index (χ2n) is 4.70. The molecule has 1 aliphatic heterocycles. The lowest BCUT2D eigenvalue weighted by atomic mass is 10.1. The van der Waals surface area contributed by atoms with Gasteiger partial charge in [0.15, 0.2) is 0 Å². The predicted octanol–water partition coefficient (Wildman–Crippen LogP) is 2.33. The van der Waals surface area contributed by atoms with Gasteiger partial charge in [0.2, 0.25) is 0 Å². The first-order chi connectivity index (χ1) is 9.20. The summed E-state index contributed by atoms with van der Waals surface area (Å²) in [5.74, 6) is 0.613. The number of carbonyl (C=O) groups excluding carboxylic acids is 1. The van der Waals surface area contributed by atoms with Gasteiger partial charge in [0, 0.05) is 17.1 Å². The molecule has 0 spiro atoms. The topological polar surface area (TPSA) is 50.4 Å². The number of halogens is 1. The lowest BCUT2D eigenvalue weighted by Crippen LogP contribution is -2.43. The van der Waals surface area contributed by atoms with Crippen LogP contribution >= 0.6 is 15.9 Å². The minimum Gasteiger partial charge on any atom is -0.497 e. The van der Waals surface area contributed by atoms with Crippen LogP contribution in [0, 0.1) is 0 Å². The Balaban J connectivity index is 1.95. The zero-order valence-electron chi connectivity index (χ0n) is 11.0. The highest BCUT2D eigenvalue weighted by Gasteiger charge is 2.15. The second-order valence-corrected chi connectivity index (χ2v) is 5.56. The second kappa shape index (κ2) is 6.91. The Labute approximate surface area is 122 Å². The number of rotatable bonds is 4. The van der Waals surface area contributed by atoms with Crippen molar-refractivity contribution in [3.05, 3.63) is 28.2 Å². The van der Waals surface area contributed by atoms with E-state index in [4.69, 9.17) is 4.74 Å². The van der Waals surface area contributed by atoms with Crippen LogP contribution in [0.25, 0.3) is 0 Å². The summed E-state index contributed by atoms with van der Waals surface area (Å²) in [5, 5.41) is 6.39. The van der Waals surface area contributed by atoms with E-state index in [9.17, 15) is 4.79 Å². The quantitative estimate of drug-likeness (QED) is 0.892. The fourth-order valence-electron chi connectivity index (χ4n) is 2.21. The summed E-state index contributed by atoms with van der Waals surface area (Å²) in [4.78, 5) is 12.2. The monoisotopic (exact) mass is 326 g/mol. The van der Waals surface area contributed by atoms with E-state index in [0.29, 0.717) is 23.9 Å². The Morgan fingerprint density at radius 1 is 1.53 bits per heavy atom. The molecule has 0 aliphatic carbocycles. The zero-order valence-corrected chi connectivity index (χ0v) is 12.6. The molecule has 104 valence electrons. The number of benzene rings is 1. The number of piperidine rings is 1. The number of ether oxygens (including phenoxy) is 1. The summed E-state index contributed by atoms with van der Waals surface area (Å²) >= 11 is 3.39. The van der Waals surface area contributed by atoms with E-state index < -0.39 is 0 Å². The molecule has 1 aromatic rings. The summed E-state index contributed by atoms with van der Waals surface area (Å²) in [7, 11) is 1.59. The van der Waals surface area contributed by atoms with Crippen LogP contribution in [0.3, 0.4) is 0 Å². The van der Waals surface area contributed by atoms with Crippen LogP contribution in [-0.2, 0) is 0 Å². The van der Waals surface area contributed by atoms with E-state index in [2.05, 4.69) is 26.6 Å². The highest BCUT2D eigenvalue weighted by molar-refractivity contribution is 9.10. The number of methoxy groups -OCH3 is 1. The van der Waals surface area contributed by atoms with E-state index in [1.54, 1.807) is 13.2 Å². The van der Waals surface area contributed by atoms with Crippen LogP contribution in [0.15, 0.2) is 22.7 Å². The van der Waals surface area contributed by atoms with Gasteiger partial charge in [-0.1, -0.05) is 6.42 Å². The van der Waals surface area contributed by atoms with Crippen molar-refractivity contribution in [2.45, 2.75) is 25.3 Å². The van der Waals surface area contributed by atoms with Crippen molar-refractivity contribution in [3.8, 4) is 5.75 Å². The van der Waals surface area contributed by atoms with Crippen molar-refractivity contribution in [1.82, 2.24) is 10.6 Å². The molecule has 2 rings (SSSR count). The van der Waals surface area contributed by atoms with Crippen molar-refractivity contribution in [2.75, 3.05) is 20.2 Å². The molecular formula is C14H19BrN2O2. The van der Waals surface area contributed by atoms with E-state index in [0.717, 1.165) is 17.4 Å². The van der Waals surface area contributed by atoms with Crippen LogP contribution < -0.4 is 15.4 Å². The molecule has 1 saturated heterocycles. The maximum atomic E-state index is 12.2. The highest BCUT2D eigenvalue weighted by atomic mass is 79.9. The number of carbonyl (C=O) groups is 1. The van der Waals surface area contributed by atoms with Crippen molar-refractivity contribution in [2.24, 2.45) is 0 Å². The maximum Gasteiger partial charge on any atom is 0.252 e. The molecular weight excluding hydrogens is 308 g/mol. The molecule has 1 aliphatic rings. The maximum absolute atomic E-state index is 12.2. The third-order valence-corrected chi connectivity index (χ3v) is 4.03. The van der Waals surface area contributed by atoms with Crippen LogP contribution in [0.5, 0.6) is 5.75 Å². The standard InChI is InChI=1S/C14H19BrN2O2/c1-19-11-5-6-13(15)12(8-11)14(18)17-9-10-4-2-3-7-16-10/h5-6,8,10,16H,2-4,7,9H2,1H3,(H,17,18). The molecule has 1 atom stereocenters. The molecule has 0 bridgehead atoms. The van der Waals surface area contributed by atoms with Crippen molar-refractivity contribution >= 4 is 21.8 Å². The fraction of sp³-hybridized carbons (Fsp3) is 0.500. The van der Waals surface area contributed by atoms with Gasteiger partial charge in [-0.15, -0.1) is 0 Å². The van der Waals surface area contributed by atoms with Gasteiger partial charge in [-0.3, -0.25) is 4.79 Å². The normalized spacial score (nSPS) is 18.9. The summed E-state index contributed by atoms with van der Waals surface area (Å²) in [6.07, 6.45) is 3.59. The van der Waals surface area contributed by atoms with Gasteiger partial charge in [-0.05, 0) is 53.5 Å². The minimum atomic E-state index is -0.0712. The molecule has 0 saturated carbocycles. The molecule has 19 heavy (non-hydrogen) atoms. The van der Waals surface area contributed by atoms with Crippen molar-refractivity contribution in [3.63, 3.8) is 0 Å². The van der Waals surface area contributed by atoms with E-state index >= 15 is 0 Å². The fourth-order valence-corrected chi connectivity index (χ4v) is 2.64. The van der Waals surface area contributed by atoms with Crippen LogP contribution in [0.1, 0.15) is 29.6 Å². The number of nitrogens with one attached hydrogen (secondary N) is 2. The average molecular weight is 327 g/mol. The molecule has 1 heterocycles. The van der Waals surface area contributed by atoms with Gasteiger partial charge in [0.1, 0.15) is 5.75 Å². The zero-order chi connectivity index (χ0) is 13.7. The average Bonchev–Trinajstić information content (AvgIpc) is 2.46. The Kier molecular flexibility index (Phi) is 5.22. The van der Waals surface area contributed by atoms with Gasteiger partial charge in [-0.25, -0.2) is 0 Å². The molecule has 4 nitrogen and oxygen atoms in total. The summed E-state index contributed by atoms with van der Waals surface area (Å²) in [5.41, 5.74) is 0.607. The first-order valence-corrected chi connectivity index (χ1v) is 7.35.